The van der Waals surface area contributed by atoms with E-state index in [0.29, 0.717) is 0 Å². The molecule has 0 aliphatic carbocycles. The molecule has 0 atom stereocenters. The summed E-state index contributed by atoms with van der Waals surface area (Å²) >= 11 is 0. The van der Waals surface area contributed by atoms with E-state index in [1.807, 2.05) is 77.4 Å². The molecule has 5 heteroatoms. The van der Waals surface area contributed by atoms with Crippen molar-refractivity contribution in [1.82, 2.24) is 9.55 Å². The number of benzene rings is 3. The highest BCUT2D eigenvalue weighted by Gasteiger charge is 2.16. The second kappa shape index (κ2) is 8.19. The van der Waals surface area contributed by atoms with Gasteiger partial charge in [-0.25, -0.2) is 4.98 Å². The normalized spacial score (nSPS) is 10.8. The van der Waals surface area contributed by atoms with Crippen LogP contribution >= 0.6 is 0 Å². The van der Waals surface area contributed by atoms with Gasteiger partial charge in [0.25, 0.3) is 0 Å². The number of carbonyl (C=O) groups excluding carboxylic acids is 1. The van der Waals surface area contributed by atoms with E-state index in [1.54, 1.807) is 7.11 Å². The van der Waals surface area contributed by atoms with Crippen LogP contribution in [0.4, 0.5) is 5.69 Å². The van der Waals surface area contributed by atoms with Gasteiger partial charge in [-0.1, -0.05) is 37.3 Å². The Morgan fingerprint density at radius 3 is 2.48 bits per heavy atom. The van der Waals surface area contributed by atoms with Crippen LogP contribution in [0, 0.1) is 0 Å². The standard InChI is InChI=1S/C24H23N3O2/c1-3-17-8-4-5-9-20(17)25-23(28)16-27-22-11-7-6-10-21(22)26-24(27)18-12-14-19(29-2)15-13-18/h4-15H,3,16H2,1-2H3,(H,25,28). The van der Waals surface area contributed by atoms with Crippen molar-refractivity contribution < 1.29 is 9.53 Å². The van der Waals surface area contributed by atoms with Crippen LogP contribution < -0.4 is 10.1 Å². The number of hydrogen-bond donors (Lipinski definition) is 1. The molecule has 1 N–H and O–H groups in total. The second-order valence-electron chi connectivity index (χ2n) is 6.80. The number of methoxy groups -OCH3 is 1. The number of anilines is 1. The number of nitrogens with one attached hydrogen (secondary N) is 1. The zero-order valence-electron chi connectivity index (χ0n) is 16.6. The van der Waals surface area contributed by atoms with Crippen LogP contribution in [0.1, 0.15) is 12.5 Å². The van der Waals surface area contributed by atoms with Crippen molar-refractivity contribution in [3.05, 3.63) is 78.4 Å². The van der Waals surface area contributed by atoms with Crippen molar-refractivity contribution in [3.8, 4) is 17.1 Å². The van der Waals surface area contributed by atoms with Crippen LogP contribution in [0.5, 0.6) is 5.75 Å². The molecule has 0 fully saturated rings. The maximum atomic E-state index is 12.9. The van der Waals surface area contributed by atoms with Crippen molar-refractivity contribution >= 4 is 22.6 Å². The maximum absolute atomic E-state index is 12.9. The summed E-state index contributed by atoms with van der Waals surface area (Å²) in [5, 5.41) is 3.05. The van der Waals surface area contributed by atoms with Crippen molar-refractivity contribution in [3.63, 3.8) is 0 Å². The van der Waals surface area contributed by atoms with Gasteiger partial charge < -0.3 is 14.6 Å². The Labute approximate surface area is 170 Å². The Morgan fingerprint density at radius 1 is 1.00 bits per heavy atom. The Kier molecular flexibility index (Phi) is 5.29. The van der Waals surface area contributed by atoms with Crippen LogP contribution in [0.25, 0.3) is 22.4 Å². The zero-order valence-corrected chi connectivity index (χ0v) is 16.6. The number of hydrogen-bond acceptors (Lipinski definition) is 3. The molecule has 5 nitrogen and oxygen atoms in total. The lowest BCUT2D eigenvalue weighted by molar-refractivity contribution is -0.116. The lowest BCUT2D eigenvalue weighted by atomic mass is 10.1. The van der Waals surface area contributed by atoms with Gasteiger partial charge in [-0.2, -0.15) is 0 Å². The quantitative estimate of drug-likeness (QED) is 0.513. The number of imidazole rings is 1. The number of aryl methyl sites for hydroxylation is 1. The largest absolute Gasteiger partial charge is 0.497 e. The molecule has 4 rings (SSSR count). The molecule has 0 bridgehead atoms. The van der Waals surface area contributed by atoms with E-state index in [0.717, 1.165) is 45.8 Å². The number of carbonyl (C=O) groups is 1. The Morgan fingerprint density at radius 2 is 1.72 bits per heavy atom. The first-order valence-electron chi connectivity index (χ1n) is 9.67. The van der Waals surface area contributed by atoms with Crippen molar-refractivity contribution in [2.24, 2.45) is 0 Å². The van der Waals surface area contributed by atoms with Crippen LogP contribution in [0.3, 0.4) is 0 Å². The predicted octanol–water partition coefficient (Wildman–Crippen LogP) is 4.91. The summed E-state index contributed by atoms with van der Waals surface area (Å²) in [5.41, 5.74) is 4.70. The maximum Gasteiger partial charge on any atom is 0.244 e. The second-order valence-corrected chi connectivity index (χ2v) is 6.80. The molecule has 0 unspecified atom stereocenters. The van der Waals surface area contributed by atoms with Gasteiger partial charge in [0.15, 0.2) is 0 Å². The Balaban J connectivity index is 1.69. The lowest BCUT2D eigenvalue weighted by Crippen LogP contribution is -2.20. The average molecular weight is 385 g/mol. The third-order valence-corrected chi connectivity index (χ3v) is 4.98. The van der Waals surface area contributed by atoms with E-state index in [-0.39, 0.29) is 12.5 Å². The molecule has 29 heavy (non-hydrogen) atoms. The molecule has 146 valence electrons. The third-order valence-electron chi connectivity index (χ3n) is 4.98. The summed E-state index contributed by atoms with van der Waals surface area (Å²) in [7, 11) is 1.64. The number of nitrogens with zero attached hydrogens (tertiary/aromatic N) is 2. The van der Waals surface area contributed by atoms with E-state index in [4.69, 9.17) is 9.72 Å². The number of fused-ring (bicyclic) bond motifs is 1. The summed E-state index contributed by atoms with van der Waals surface area (Å²) in [4.78, 5) is 17.7. The van der Waals surface area contributed by atoms with Crippen LogP contribution in [-0.4, -0.2) is 22.6 Å². The summed E-state index contributed by atoms with van der Waals surface area (Å²) in [6.07, 6.45) is 0.863. The average Bonchev–Trinajstić information content (AvgIpc) is 3.12. The van der Waals surface area contributed by atoms with Crippen molar-refractivity contribution in [1.29, 1.82) is 0 Å². The van der Waals surface area contributed by atoms with E-state index >= 15 is 0 Å². The molecule has 0 aliphatic heterocycles. The van der Waals surface area contributed by atoms with Gasteiger partial charge in [0.1, 0.15) is 18.1 Å². The van der Waals surface area contributed by atoms with Gasteiger partial charge in [0.05, 0.1) is 18.1 Å². The van der Waals surface area contributed by atoms with Gasteiger partial charge in [0.2, 0.25) is 5.91 Å². The number of rotatable bonds is 6. The molecule has 4 aromatic rings. The van der Waals surface area contributed by atoms with E-state index in [2.05, 4.69) is 12.2 Å². The Bertz CT molecular complexity index is 1150. The third kappa shape index (κ3) is 3.85. The molecule has 0 radical (unpaired) electrons. The van der Waals surface area contributed by atoms with Gasteiger partial charge in [-0.05, 0) is 54.4 Å². The molecule has 0 spiro atoms. The summed E-state index contributed by atoms with van der Waals surface area (Å²) in [6.45, 7) is 2.26. The predicted molar refractivity (Wildman–Crippen MR) is 116 cm³/mol. The first-order chi connectivity index (χ1) is 14.2. The minimum atomic E-state index is -0.0798. The summed E-state index contributed by atoms with van der Waals surface area (Å²) in [5.74, 6) is 1.46. The molecule has 0 saturated heterocycles. The van der Waals surface area contributed by atoms with E-state index in [1.165, 1.54) is 0 Å². The fourth-order valence-corrected chi connectivity index (χ4v) is 3.48. The van der Waals surface area contributed by atoms with Crippen molar-refractivity contribution in [2.45, 2.75) is 19.9 Å². The SMILES string of the molecule is CCc1ccccc1NC(=O)Cn1c(-c2ccc(OC)cc2)nc2ccccc21. The topological polar surface area (TPSA) is 56.2 Å². The summed E-state index contributed by atoms with van der Waals surface area (Å²) in [6, 6.07) is 23.5. The van der Waals surface area contributed by atoms with Gasteiger partial charge in [-0.3, -0.25) is 4.79 Å². The molecular weight excluding hydrogens is 362 g/mol. The molecule has 0 aliphatic rings. The monoisotopic (exact) mass is 385 g/mol. The molecule has 3 aromatic carbocycles. The first kappa shape index (κ1) is 18.7. The van der Waals surface area contributed by atoms with Gasteiger partial charge in [-0.15, -0.1) is 0 Å². The van der Waals surface area contributed by atoms with Crippen LogP contribution in [0.2, 0.25) is 0 Å². The number of aromatic nitrogens is 2. The van der Waals surface area contributed by atoms with E-state index < -0.39 is 0 Å². The highest BCUT2D eigenvalue weighted by molar-refractivity contribution is 5.93. The van der Waals surface area contributed by atoms with Gasteiger partial charge in [0, 0.05) is 11.3 Å². The minimum absolute atomic E-state index is 0.0798. The molecule has 0 saturated carbocycles. The lowest BCUT2D eigenvalue weighted by Gasteiger charge is -2.12. The highest BCUT2D eigenvalue weighted by Crippen LogP contribution is 2.26. The van der Waals surface area contributed by atoms with E-state index in [9.17, 15) is 4.79 Å². The molecule has 1 aromatic heterocycles. The van der Waals surface area contributed by atoms with Crippen molar-refractivity contribution in [2.75, 3.05) is 12.4 Å². The zero-order chi connectivity index (χ0) is 20.2. The van der Waals surface area contributed by atoms with Crippen LogP contribution in [0.15, 0.2) is 72.8 Å². The molecule has 1 heterocycles. The summed E-state index contributed by atoms with van der Waals surface area (Å²) < 4.78 is 7.22. The molecular formula is C24H23N3O2. The number of para-hydroxylation sites is 3. The number of ether oxygens (including phenoxy) is 1. The molecule has 1 amide bonds. The number of amides is 1. The highest BCUT2D eigenvalue weighted by atomic mass is 16.5. The minimum Gasteiger partial charge on any atom is -0.497 e. The first-order valence-corrected chi connectivity index (χ1v) is 9.67. The van der Waals surface area contributed by atoms with Crippen LogP contribution in [-0.2, 0) is 17.8 Å². The Hall–Kier alpha value is -3.60. The fourth-order valence-electron chi connectivity index (χ4n) is 3.48. The smallest absolute Gasteiger partial charge is 0.244 e. The fraction of sp³-hybridized carbons (Fsp3) is 0.167. The van der Waals surface area contributed by atoms with Gasteiger partial charge >= 0.3 is 0 Å².